The zero-order valence-electron chi connectivity index (χ0n) is 16.8. The van der Waals surface area contributed by atoms with E-state index in [0.717, 1.165) is 22.0 Å². The van der Waals surface area contributed by atoms with E-state index >= 15 is 0 Å². The van der Waals surface area contributed by atoms with Gasteiger partial charge in [0.05, 0.1) is 10.6 Å². The van der Waals surface area contributed by atoms with Crippen LogP contribution in [0.3, 0.4) is 0 Å². The van der Waals surface area contributed by atoms with Crippen LogP contribution in [0.1, 0.15) is 12.2 Å². The summed E-state index contributed by atoms with van der Waals surface area (Å²) in [5, 5.41) is 14.2. The molecule has 1 N–H and O–H groups in total. The lowest BCUT2D eigenvalue weighted by Gasteiger charge is -2.03. The first-order chi connectivity index (χ1) is 14.9. The number of benzene rings is 1. The molecule has 1 amide bonds. The standard InChI is InChI=1S/C20H19N7O3S/c1-13-22-15(27(29)30)12-26(13)10-8-16(28)23-20-24-17(14-6-4-3-5-7-14)18(31-20)19-21-9-11-25(19)2/h3-7,9,11-12H,8,10H2,1-2H3,(H,23,24,28). The molecular weight excluding hydrogens is 418 g/mol. The van der Waals surface area contributed by atoms with Crippen molar-refractivity contribution in [3.05, 3.63) is 64.9 Å². The number of rotatable bonds is 7. The second kappa shape index (κ2) is 8.48. The number of aryl methyl sites for hydroxylation is 3. The van der Waals surface area contributed by atoms with E-state index in [9.17, 15) is 14.9 Å². The van der Waals surface area contributed by atoms with Crippen molar-refractivity contribution in [2.45, 2.75) is 19.9 Å². The van der Waals surface area contributed by atoms with Crippen LogP contribution in [0.5, 0.6) is 0 Å². The number of imidazole rings is 2. The van der Waals surface area contributed by atoms with Crippen molar-refractivity contribution in [1.82, 2.24) is 24.1 Å². The second-order valence-electron chi connectivity index (χ2n) is 6.82. The molecule has 0 aliphatic heterocycles. The van der Waals surface area contributed by atoms with Crippen molar-refractivity contribution in [2.75, 3.05) is 5.32 Å². The van der Waals surface area contributed by atoms with Gasteiger partial charge in [0, 0.05) is 44.9 Å². The molecule has 0 saturated carbocycles. The van der Waals surface area contributed by atoms with Gasteiger partial charge in [0.15, 0.2) is 11.0 Å². The maximum absolute atomic E-state index is 12.5. The number of anilines is 1. The van der Waals surface area contributed by atoms with E-state index in [-0.39, 0.29) is 24.7 Å². The molecular formula is C20H19N7O3S. The molecule has 11 heteroatoms. The third-order valence-electron chi connectivity index (χ3n) is 4.68. The number of nitrogens with zero attached hydrogens (tertiary/aromatic N) is 6. The normalized spacial score (nSPS) is 10.9. The maximum Gasteiger partial charge on any atom is 0.381 e. The van der Waals surface area contributed by atoms with Crippen molar-refractivity contribution < 1.29 is 9.72 Å². The Morgan fingerprint density at radius 3 is 2.68 bits per heavy atom. The van der Waals surface area contributed by atoms with Gasteiger partial charge in [-0.15, -0.1) is 0 Å². The summed E-state index contributed by atoms with van der Waals surface area (Å²) in [5.74, 6) is 0.774. The van der Waals surface area contributed by atoms with E-state index in [4.69, 9.17) is 0 Å². The van der Waals surface area contributed by atoms with Crippen LogP contribution in [-0.2, 0) is 18.4 Å². The lowest BCUT2D eigenvalue weighted by molar-refractivity contribution is -0.389. The highest BCUT2D eigenvalue weighted by Gasteiger charge is 2.20. The topological polar surface area (TPSA) is 121 Å². The van der Waals surface area contributed by atoms with E-state index in [2.05, 4.69) is 20.3 Å². The summed E-state index contributed by atoms with van der Waals surface area (Å²) in [5.41, 5.74) is 1.68. The Labute approximate surface area is 181 Å². The van der Waals surface area contributed by atoms with Crippen LogP contribution in [0.15, 0.2) is 48.9 Å². The fraction of sp³-hybridized carbons (Fsp3) is 0.200. The average molecular weight is 437 g/mol. The number of thiazole rings is 1. The van der Waals surface area contributed by atoms with Gasteiger partial charge in [-0.3, -0.25) is 4.79 Å². The van der Waals surface area contributed by atoms with Crippen molar-refractivity contribution in [1.29, 1.82) is 0 Å². The Kier molecular flexibility index (Phi) is 5.58. The average Bonchev–Trinajstić information content (AvgIpc) is 3.45. The van der Waals surface area contributed by atoms with Crippen LogP contribution < -0.4 is 5.32 Å². The van der Waals surface area contributed by atoms with Gasteiger partial charge in [0.25, 0.3) is 0 Å². The molecule has 0 bridgehead atoms. The molecule has 0 unspecified atom stereocenters. The number of amides is 1. The predicted octanol–water partition coefficient (Wildman–Crippen LogP) is 3.65. The van der Waals surface area contributed by atoms with Gasteiger partial charge < -0.3 is 24.6 Å². The Balaban J connectivity index is 1.53. The van der Waals surface area contributed by atoms with Crippen LogP contribution in [0.2, 0.25) is 0 Å². The van der Waals surface area contributed by atoms with Crippen molar-refractivity contribution in [3.8, 4) is 22.0 Å². The highest BCUT2D eigenvalue weighted by atomic mass is 32.1. The zero-order chi connectivity index (χ0) is 22.0. The van der Waals surface area contributed by atoms with Gasteiger partial charge in [-0.05, 0) is 9.91 Å². The number of carbonyl (C=O) groups excluding carboxylic acids is 1. The Morgan fingerprint density at radius 1 is 1.26 bits per heavy atom. The van der Waals surface area contributed by atoms with Gasteiger partial charge in [0.2, 0.25) is 11.7 Å². The number of nitro groups is 1. The summed E-state index contributed by atoms with van der Waals surface area (Å²) in [6, 6.07) is 9.72. The molecule has 0 saturated heterocycles. The number of aromatic nitrogens is 5. The van der Waals surface area contributed by atoms with Gasteiger partial charge in [-0.25, -0.2) is 9.97 Å². The van der Waals surface area contributed by atoms with Gasteiger partial charge in [-0.1, -0.05) is 41.7 Å². The van der Waals surface area contributed by atoms with E-state index < -0.39 is 4.92 Å². The van der Waals surface area contributed by atoms with Crippen molar-refractivity contribution >= 4 is 28.2 Å². The zero-order valence-corrected chi connectivity index (χ0v) is 17.7. The minimum atomic E-state index is -0.552. The molecule has 0 aliphatic rings. The number of carbonyl (C=O) groups is 1. The lowest BCUT2D eigenvalue weighted by atomic mass is 10.1. The van der Waals surface area contributed by atoms with E-state index in [1.54, 1.807) is 17.7 Å². The minimum Gasteiger partial charge on any atom is -0.358 e. The quantitative estimate of drug-likeness (QED) is 0.348. The number of hydrogen-bond acceptors (Lipinski definition) is 7. The van der Waals surface area contributed by atoms with Crippen LogP contribution in [0, 0.1) is 17.0 Å². The summed E-state index contributed by atoms with van der Waals surface area (Å²) in [4.78, 5) is 36.6. The lowest BCUT2D eigenvalue weighted by Crippen LogP contribution is -2.14. The van der Waals surface area contributed by atoms with E-state index in [1.807, 2.05) is 48.1 Å². The Hall–Kier alpha value is -3.86. The van der Waals surface area contributed by atoms with Crippen molar-refractivity contribution in [3.63, 3.8) is 0 Å². The van der Waals surface area contributed by atoms with E-state index in [0.29, 0.717) is 11.0 Å². The van der Waals surface area contributed by atoms with Crippen LogP contribution >= 0.6 is 11.3 Å². The summed E-state index contributed by atoms with van der Waals surface area (Å²) in [6.45, 7) is 1.94. The monoisotopic (exact) mass is 437 g/mol. The van der Waals surface area contributed by atoms with Crippen LogP contribution in [0.4, 0.5) is 10.9 Å². The van der Waals surface area contributed by atoms with Crippen molar-refractivity contribution in [2.24, 2.45) is 7.05 Å². The molecule has 1 aromatic carbocycles. The second-order valence-corrected chi connectivity index (χ2v) is 7.82. The smallest absolute Gasteiger partial charge is 0.358 e. The molecule has 0 atom stereocenters. The summed E-state index contributed by atoms with van der Waals surface area (Å²) in [7, 11) is 1.90. The molecule has 158 valence electrons. The summed E-state index contributed by atoms with van der Waals surface area (Å²) >= 11 is 1.35. The van der Waals surface area contributed by atoms with Crippen LogP contribution in [-0.4, -0.2) is 34.9 Å². The Morgan fingerprint density at radius 2 is 2.03 bits per heavy atom. The molecule has 4 rings (SSSR count). The summed E-state index contributed by atoms with van der Waals surface area (Å²) < 4.78 is 3.49. The number of nitrogens with one attached hydrogen (secondary N) is 1. The fourth-order valence-corrected chi connectivity index (χ4v) is 4.15. The Bertz CT molecular complexity index is 1240. The largest absolute Gasteiger partial charge is 0.381 e. The third-order valence-corrected chi connectivity index (χ3v) is 5.64. The molecule has 0 spiro atoms. The molecule has 31 heavy (non-hydrogen) atoms. The van der Waals surface area contributed by atoms with Crippen LogP contribution in [0.25, 0.3) is 22.0 Å². The first-order valence-electron chi connectivity index (χ1n) is 9.44. The highest BCUT2D eigenvalue weighted by Crippen LogP contribution is 2.38. The molecule has 4 aromatic rings. The molecule has 0 aliphatic carbocycles. The first kappa shape index (κ1) is 20.4. The molecule has 0 fully saturated rings. The summed E-state index contributed by atoms with van der Waals surface area (Å²) in [6.07, 6.45) is 5.04. The van der Waals surface area contributed by atoms with Gasteiger partial charge in [-0.2, -0.15) is 0 Å². The molecule has 3 heterocycles. The molecule has 10 nitrogen and oxygen atoms in total. The maximum atomic E-state index is 12.5. The SMILES string of the molecule is Cc1nc([N+](=O)[O-])cn1CCC(=O)Nc1nc(-c2ccccc2)c(-c2nccn2C)s1. The van der Waals surface area contributed by atoms with E-state index in [1.165, 1.54) is 17.5 Å². The minimum absolute atomic E-state index is 0.131. The third kappa shape index (κ3) is 4.36. The number of hydrogen-bond donors (Lipinski definition) is 1. The van der Waals surface area contributed by atoms with Gasteiger partial charge in [0.1, 0.15) is 6.20 Å². The predicted molar refractivity (Wildman–Crippen MR) is 117 cm³/mol. The fourth-order valence-electron chi connectivity index (χ4n) is 3.11. The molecule has 0 radical (unpaired) electrons. The first-order valence-corrected chi connectivity index (χ1v) is 10.3. The van der Waals surface area contributed by atoms with Gasteiger partial charge >= 0.3 is 5.82 Å². The highest BCUT2D eigenvalue weighted by molar-refractivity contribution is 7.19. The molecule has 3 aromatic heterocycles.